The SMILES string of the molecule is COC(=O)c1ccc(Cl)c(NC(=O)c2cc(C)sc2C)c1. The van der Waals surface area contributed by atoms with Gasteiger partial charge < -0.3 is 10.1 Å². The molecule has 6 heteroatoms. The highest BCUT2D eigenvalue weighted by molar-refractivity contribution is 7.12. The van der Waals surface area contributed by atoms with Gasteiger partial charge in [0, 0.05) is 9.75 Å². The fourth-order valence-corrected chi connectivity index (χ4v) is 3.00. The molecule has 0 fully saturated rings. The van der Waals surface area contributed by atoms with Crippen LogP contribution in [-0.4, -0.2) is 19.0 Å². The number of nitrogens with one attached hydrogen (secondary N) is 1. The van der Waals surface area contributed by atoms with E-state index in [2.05, 4.69) is 10.1 Å². The van der Waals surface area contributed by atoms with Crippen molar-refractivity contribution >= 4 is 40.5 Å². The van der Waals surface area contributed by atoms with Crippen LogP contribution in [0.25, 0.3) is 0 Å². The molecule has 1 aromatic heterocycles. The zero-order chi connectivity index (χ0) is 15.6. The first-order chi connectivity index (χ1) is 9.92. The summed E-state index contributed by atoms with van der Waals surface area (Å²) in [6.07, 6.45) is 0. The van der Waals surface area contributed by atoms with Crippen molar-refractivity contribution in [3.8, 4) is 0 Å². The number of esters is 1. The summed E-state index contributed by atoms with van der Waals surface area (Å²) in [5.41, 5.74) is 1.32. The molecule has 1 heterocycles. The van der Waals surface area contributed by atoms with Gasteiger partial charge in [0.15, 0.2) is 0 Å². The van der Waals surface area contributed by atoms with Gasteiger partial charge >= 0.3 is 5.97 Å². The number of ether oxygens (including phenoxy) is 1. The monoisotopic (exact) mass is 323 g/mol. The van der Waals surface area contributed by atoms with Crippen LogP contribution in [-0.2, 0) is 4.74 Å². The van der Waals surface area contributed by atoms with E-state index in [0.29, 0.717) is 21.8 Å². The van der Waals surface area contributed by atoms with Crippen LogP contribution < -0.4 is 5.32 Å². The number of thiophene rings is 1. The summed E-state index contributed by atoms with van der Waals surface area (Å²) in [5.74, 6) is -0.731. The van der Waals surface area contributed by atoms with Gasteiger partial charge in [-0.3, -0.25) is 4.79 Å². The Morgan fingerprint density at radius 3 is 2.52 bits per heavy atom. The van der Waals surface area contributed by atoms with E-state index in [-0.39, 0.29) is 5.91 Å². The third kappa shape index (κ3) is 3.43. The predicted octanol–water partition coefficient (Wildman–Crippen LogP) is 4.06. The molecule has 4 nitrogen and oxygen atoms in total. The number of methoxy groups -OCH3 is 1. The minimum absolute atomic E-state index is 0.249. The molecule has 0 saturated carbocycles. The van der Waals surface area contributed by atoms with Gasteiger partial charge in [-0.2, -0.15) is 0 Å². The Morgan fingerprint density at radius 2 is 1.95 bits per heavy atom. The van der Waals surface area contributed by atoms with Crippen molar-refractivity contribution < 1.29 is 14.3 Å². The van der Waals surface area contributed by atoms with Crippen LogP contribution in [0.3, 0.4) is 0 Å². The topological polar surface area (TPSA) is 55.4 Å². The van der Waals surface area contributed by atoms with Gasteiger partial charge in [0.2, 0.25) is 0 Å². The maximum absolute atomic E-state index is 12.3. The van der Waals surface area contributed by atoms with E-state index in [1.165, 1.54) is 13.2 Å². The molecule has 1 aromatic carbocycles. The van der Waals surface area contributed by atoms with Crippen LogP contribution >= 0.6 is 22.9 Å². The highest BCUT2D eigenvalue weighted by Crippen LogP contribution is 2.26. The van der Waals surface area contributed by atoms with E-state index < -0.39 is 5.97 Å². The average Bonchev–Trinajstić information content (AvgIpc) is 2.79. The maximum atomic E-state index is 12.3. The van der Waals surface area contributed by atoms with E-state index in [1.807, 2.05) is 19.9 Å². The Kier molecular flexibility index (Phi) is 4.65. The highest BCUT2D eigenvalue weighted by atomic mass is 35.5. The zero-order valence-electron chi connectivity index (χ0n) is 11.8. The van der Waals surface area contributed by atoms with Gasteiger partial charge in [0.25, 0.3) is 5.91 Å². The second-order valence-electron chi connectivity index (χ2n) is 4.47. The summed E-state index contributed by atoms with van der Waals surface area (Å²) >= 11 is 7.61. The quantitative estimate of drug-likeness (QED) is 0.867. The molecule has 0 radical (unpaired) electrons. The first-order valence-electron chi connectivity index (χ1n) is 6.18. The van der Waals surface area contributed by atoms with Crippen LogP contribution in [0.5, 0.6) is 0 Å². The number of carbonyl (C=O) groups excluding carboxylic acids is 2. The average molecular weight is 324 g/mol. The van der Waals surface area contributed by atoms with Crippen molar-refractivity contribution in [3.63, 3.8) is 0 Å². The summed E-state index contributed by atoms with van der Waals surface area (Å²) in [6.45, 7) is 3.83. The first-order valence-corrected chi connectivity index (χ1v) is 7.38. The molecular formula is C15H14ClNO3S. The molecule has 0 aliphatic heterocycles. The number of hydrogen-bond acceptors (Lipinski definition) is 4. The van der Waals surface area contributed by atoms with Crippen molar-refractivity contribution in [2.45, 2.75) is 13.8 Å². The van der Waals surface area contributed by atoms with Crippen molar-refractivity contribution in [2.24, 2.45) is 0 Å². The molecule has 1 amide bonds. The molecule has 2 aromatic rings. The number of anilines is 1. The normalized spacial score (nSPS) is 10.3. The smallest absolute Gasteiger partial charge is 0.337 e. The minimum atomic E-state index is -0.482. The molecule has 0 saturated heterocycles. The second-order valence-corrected chi connectivity index (χ2v) is 6.33. The molecule has 0 atom stereocenters. The van der Waals surface area contributed by atoms with E-state index >= 15 is 0 Å². The summed E-state index contributed by atoms with van der Waals surface area (Å²) in [6, 6.07) is 6.42. The Hall–Kier alpha value is -1.85. The minimum Gasteiger partial charge on any atom is -0.465 e. The molecule has 0 aliphatic rings. The summed E-state index contributed by atoms with van der Waals surface area (Å²) in [7, 11) is 1.30. The molecule has 0 spiro atoms. The molecule has 0 bridgehead atoms. The number of carbonyl (C=O) groups is 2. The zero-order valence-corrected chi connectivity index (χ0v) is 13.4. The Bertz CT molecular complexity index is 709. The van der Waals surface area contributed by atoms with Crippen molar-refractivity contribution in [1.29, 1.82) is 0 Å². The summed E-state index contributed by atoms with van der Waals surface area (Å²) in [5, 5.41) is 3.09. The number of rotatable bonds is 3. The molecular weight excluding hydrogens is 310 g/mol. The van der Waals surface area contributed by atoms with E-state index in [4.69, 9.17) is 11.6 Å². The van der Waals surface area contributed by atoms with Crippen molar-refractivity contribution in [2.75, 3.05) is 12.4 Å². The van der Waals surface area contributed by atoms with Crippen LogP contribution in [0.4, 0.5) is 5.69 Å². The van der Waals surface area contributed by atoms with Crippen LogP contribution in [0.15, 0.2) is 24.3 Å². The third-order valence-corrected chi connectivity index (χ3v) is 4.22. The fourth-order valence-electron chi connectivity index (χ4n) is 1.91. The van der Waals surface area contributed by atoms with Gasteiger partial charge in [-0.25, -0.2) is 4.79 Å². The van der Waals surface area contributed by atoms with Crippen LogP contribution in [0.2, 0.25) is 5.02 Å². The van der Waals surface area contributed by atoms with Crippen LogP contribution in [0, 0.1) is 13.8 Å². The van der Waals surface area contributed by atoms with Gasteiger partial charge in [0.05, 0.1) is 28.9 Å². The standard InChI is InChI=1S/C15H14ClNO3S/c1-8-6-11(9(2)21-8)14(18)17-13-7-10(15(19)20-3)4-5-12(13)16/h4-7H,1-3H3,(H,17,18). The van der Waals surface area contributed by atoms with Gasteiger partial charge in [-0.1, -0.05) is 11.6 Å². The summed E-state index contributed by atoms with van der Waals surface area (Å²) in [4.78, 5) is 25.8. The fraction of sp³-hybridized carbons (Fsp3) is 0.200. The molecule has 2 rings (SSSR count). The number of hydrogen-bond donors (Lipinski definition) is 1. The van der Waals surface area contributed by atoms with E-state index in [1.54, 1.807) is 23.5 Å². The third-order valence-electron chi connectivity index (χ3n) is 2.92. The molecule has 110 valence electrons. The lowest BCUT2D eigenvalue weighted by atomic mass is 10.2. The van der Waals surface area contributed by atoms with Crippen molar-refractivity contribution in [3.05, 3.63) is 50.2 Å². The largest absolute Gasteiger partial charge is 0.465 e. The predicted molar refractivity (Wildman–Crippen MR) is 84.5 cm³/mol. The Balaban J connectivity index is 2.28. The number of benzene rings is 1. The second kappa shape index (κ2) is 6.28. The van der Waals surface area contributed by atoms with Crippen molar-refractivity contribution in [1.82, 2.24) is 0 Å². The van der Waals surface area contributed by atoms with E-state index in [9.17, 15) is 9.59 Å². The number of halogens is 1. The number of aryl methyl sites for hydroxylation is 2. The number of amides is 1. The lowest BCUT2D eigenvalue weighted by Gasteiger charge is -2.08. The molecule has 0 unspecified atom stereocenters. The highest BCUT2D eigenvalue weighted by Gasteiger charge is 2.15. The van der Waals surface area contributed by atoms with Crippen LogP contribution in [0.1, 0.15) is 30.5 Å². The lowest BCUT2D eigenvalue weighted by molar-refractivity contribution is 0.0600. The lowest BCUT2D eigenvalue weighted by Crippen LogP contribution is -2.13. The Labute approximate surface area is 131 Å². The van der Waals surface area contributed by atoms with E-state index in [0.717, 1.165) is 9.75 Å². The molecule has 21 heavy (non-hydrogen) atoms. The summed E-state index contributed by atoms with van der Waals surface area (Å²) < 4.78 is 4.65. The maximum Gasteiger partial charge on any atom is 0.337 e. The van der Waals surface area contributed by atoms with Gasteiger partial charge in [-0.05, 0) is 38.1 Å². The molecule has 0 aliphatic carbocycles. The van der Waals surface area contributed by atoms with Gasteiger partial charge in [0.1, 0.15) is 0 Å². The Morgan fingerprint density at radius 1 is 1.24 bits per heavy atom. The molecule has 1 N–H and O–H groups in total. The first kappa shape index (κ1) is 15.5. The van der Waals surface area contributed by atoms with Gasteiger partial charge in [-0.15, -0.1) is 11.3 Å².